The molecule has 0 spiro atoms. The van der Waals surface area contributed by atoms with Gasteiger partial charge in [-0.1, -0.05) is 18.2 Å². The lowest BCUT2D eigenvalue weighted by atomic mass is 10.1. The molecule has 0 amide bonds. The summed E-state index contributed by atoms with van der Waals surface area (Å²) in [6.07, 6.45) is 0. The SMILES string of the molecule is NCc1sc2ccccc2c1COc1ccc(F)c(Br)c1. The lowest BCUT2D eigenvalue weighted by Gasteiger charge is -2.08. The summed E-state index contributed by atoms with van der Waals surface area (Å²) < 4.78 is 20.6. The maximum atomic E-state index is 13.2. The van der Waals surface area contributed by atoms with Gasteiger partial charge in [0.15, 0.2) is 0 Å². The molecule has 1 aromatic heterocycles. The molecule has 5 heteroatoms. The van der Waals surface area contributed by atoms with Gasteiger partial charge in [0, 0.05) is 21.7 Å². The third-order valence-corrected chi connectivity index (χ3v) is 5.08. The number of hydrogen-bond donors (Lipinski definition) is 1. The van der Waals surface area contributed by atoms with Gasteiger partial charge in [0.1, 0.15) is 18.2 Å². The molecule has 3 aromatic rings. The predicted octanol–water partition coefficient (Wildman–Crippen LogP) is 4.84. The van der Waals surface area contributed by atoms with Crippen molar-refractivity contribution in [3.8, 4) is 5.75 Å². The zero-order valence-electron chi connectivity index (χ0n) is 11.1. The van der Waals surface area contributed by atoms with Crippen molar-refractivity contribution in [3.05, 3.63) is 63.2 Å². The Hall–Kier alpha value is -1.43. The van der Waals surface area contributed by atoms with Crippen LogP contribution in [0.5, 0.6) is 5.75 Å². The van der Waals surface area contributed by atoms with E-state index < -0.39 is 0 Å². The zero-order chi connectivity index (χ0) is 14.8. The number of nitrogens with two attached hydrogens (primary N) is 1. The molecule has 21 heavy (non-hydrogen) atoms. The molecule has 3 rings (SSSR count). The number of fused-ring (bicyclic) bond motifs is 1. The molecule has 0 aliphatic carbocycles. The van der Waals surface area contributed by atoms with Crippen LogP contribution in [0, 0.1) is 5.82 Å². The topological polar surface area (TPSA) is 35.2 Å². The first-order valence-corrected chi connectivity index (χ1v) is 8.07. The quantitative estimate of drug-likeness (QED) is 0.717. The second kappa shape index (κ2) is 6.13. The summed E-state index contributed by atoms with van der Waals surface area (Å²) in [5, 5.41) is 1.17. The van der Waals surface area contributed by atoms with E-state index in [1.54, 1.807) is 23.5 Å². The molecular weight excluding hydrogens is 353 g/mol. The van der Waals surface area contributed by atoms with Crippen molar-refractivity contribution in [1.29, 1.82) is 0 Å². The van der Waals surface area contributed by atoms with Gasteiger partial charge >= 0.3 is 0 Å². The normalized spacial score (nSPS) is 11.0. The van der Waals surface area contributed by atoms with Crippen LogP contribution < -0.4 is 10.5 Å². The molecule has 0 unspecified atom stereocenters. The van der Waals surface area contributed by atoms with E-state index in [0.717, 1.165) is 10.4 Å². The van der Waals surface area contributed by atoms with E-state index in [-0.39, 0.29) is 5.82 Å². The Balaban J connectivity index is 1.89. The monoisotopic (exact) mass is 365 g/mol. The summed E-state index contributed by atoms with van der Waals surface area (Å²) in [6.45, 7) is 0.916. The van der Waals surface area contributed by atoms with Crippen LogP contribution in [-0.2, 0) is 13.2 Å². The highest BCUT2D eigenvalue weighted by atomic mass is 79.9. The van der Waals surface area contributed by atoms with E-state index in [1.807, 2.05) is 12.1 Å². The number of thiophene rings is 1. The van der Waals surface area contributed by atoms with Gasteiger partial charge in [-0.3, -0.25) is 0 Å². The van der Waals surface area contributed by atoms with Gasteiger partial charge in [0.05, 0.1) is 4.47 Å². The number of halogens is 2. The fraction of sp³-hybridized carbons (Fsp3) is 0.125. The van der Waals surface area contributed by atoms with Crippen LogP contribution in [-0.4, -0.2) is 0 Å². The van der Waals surface area contributed by atoms with Crippen molar-refractivity contribution in [3.63, 3.8) is 0 Å². The third-order valence-electron chi connectivity index (χ3n) is 3.24. The first-order valence-electron chi connectivity index (χ1n) is 6.46. The Kier molecular flexibility index (Phi) is 4.24. The summed E-state index contributed by atoms with van der Waals surface area (Å²) in [7, 11) is 0. The Morgan fingerprint density at radius 1 is 1.19 bits per heavy atom. The molecular formula is C16H13BrFNOS. The summed E-state index contributed by atoms with van der Waals surface area (Å²) in [6, 6.07) is 12.8. The summed E-state index contributed by atoms with van der Waals surface area (Å²) in [4.78, 5) is 1.12. The van der Waals surface area contributed by atoms with Crippen LogP contribution in [0.2, 0.25) is 0 Å². The molecule has 0 bridgehead atoms. The van der Waals surface area contributed by atoms with E-state index in [9.17, 15) is 4.39 Å². The van der Waals surface area contributed by atoms with E-state index >= 15 is 0 Å². The lowest BCUT2D eigenvalue weighted by Crippen LogP contribution is -2.01. The smallest absolute Gasteiger partial charge is 0.137 e. The van der Waals surface area contributed by atoms with Crippen molar-refractivity contribution < 1.29 is 9.13 Å². The highest BCUT2D eigenvalue weighted by molar-refractivity contribution is 9.10. The Labute approximate surface area is 134 Å². The van der Waals surface area contributed by atoms with Crippen molar-refractivity contribution in [2.24, 2.45) is 5.73 Å². The number of ether oxygens (including phenoxy) is 1. The average molecular weight is 366 g/mol. The molecule has 0 saturated heterocycles. The Bertz CT molecular complexity index is 787. The van der Waals surface area contributed by atoms with Crippen LogP contribution in [0.15, 0.2) is 46.9 Å². The fourth-order valence-corrected chi connectivity index (χ4v) is 3.64. The highest BCUT2D eigenvalue weighted by Gasteiger charge is 2.11. The van der Waals surface area contributed by atoms with Crippen LogP contribution in [0.1, 0.15) is 10.4 Å². The van der Waals surface area contributed by atoms with Crippen molar-refractivity contribution >= 4 is 37.4 Å². The zero-order valence-corrected chi connectivity index (χ0v) is 13.5. The molecule has 0 fully saturated rings. The molecule has 0 radical (unpaired) electrons. The van der Waals surface area contributed by atoms with Crippen LogP contribution in [0.4, 0.5) is 4.39 Å². The first-order chi connectivity index (χ1) is 10.2. The van der Waals surface area contributed by atoms with E-state index in [0.29, 0.717) is 23.4 Å². The number of hydrogen-bond acceptors (Lipinski definition) is 3. The minimum atomic E-state index is -0.300. The first kappa shape index (κ1) is 14.5. The number of rotatable bonds is 4. The van der Waals surface area contributed by atoms with Crippen molar-refractivity contribution in [2.45, 2.75) is 13.2 Å². The predicted molar refractivity (Wildman–Crippen MR) is 88.1 cm³/mol. The van der Waals surface area contributed by atoms with E-state index in [1.165, 1.54) is 16.2 Å². The molecule has 0 saturated carbocycles. The maximum Gasteiger partial charge on any atom is 0.137 e. The summed E-state index contributed by atoms with van der Waals surface area (Å²) in [5.74, 6) is 0.326. The molecule has 0 aliphatic heterocycles. The fourth-order valence-electron chi connectivity index (χ4n) is 2.19. The second-order valence-electron chi connectivity index (χ2n) is 4.57. The highest BCUT2D eigenvalue weighted by Crippen LogP contribution is 2.32. The van der Waals surface area contributed by atoms with E-state index in [2.05, 4.69) is 28.1 Å². The van der Waals surface area contributed by atoms with Gasteiger partial charge in [0.25, 0.3) is 0 Å². The second-order valence-corrected chi connectivity index (χ2v) is 6.56. The number of benzene rings is 2. The Morgan fingerprint density at radius 3 is 2.76 bits per heavy atom. The van der Waals surface area contributed by atoms with Crippen LogP contribution in [0.3, 0.4) is 0 Å². The van der Waals surface area contributed by atoms with Gasteiger partial charge in [0.2, 0.25) is 0 Å². The minimum Gasteiger partial charge on any atom is -0.489 e. The molecule has 0 atom stereocenters. The van der Waals surface area contributed by atoms with Crippen LogP contribution in [0.25, 0.3) is 10.1 Å². The maximum absolute atomic E-state index is 13.2. The molecule has 2 aromatic carbocycles. The molecule has 0 aliphatic rings. The van der Waals surface area contributed by atoms with Crippen molar-refractivity contribution in [2.75, 3.05) is 0 Å². The van der Waals surface area contributed by atoms with Gasteiger partial charge < -0.3 is 10.5 Å². The lowest BCUT2D eigenvalue weighted by molar-refractivity contribution is 0.306. The largest absolute Gasteiger partial charge is 0.489 e. The summed E-state index contributed by atoms with van der Waals surface area (Å²) in [5.41, 5.74) is 6.93. The van der Waals surface area contributed by atoms with Gasteiger partial charge in [-0.15, -0.1) is 11.3 Å². The summed E-state index contributed by atoms with van der Waals surface area (Å²) >= 11 is 4.85. The average Bonchev–Trinajstić information content (AvgIpc) is 2.86. The standard InChI is InChI=1S/C16H13BrFNOS/c17-13-7-10(5-6-14(13)18)20-9-12-11-3-1-2-4-15(11)21-16(12)8-19/h1-7H,8-9,19H2. The third kappa shape index (κ3) is 2.95. The van der Waals surface area contributed by atoms with E-state index in [4.69, 9.17) is 10.5 Å². The Morgan fingerprint density at radius 2 is 2.00 bits per heavy atom. The molecule has 2 nitrogen and oxygen atoms in total. The van der Waals surface area contributed by atoms with Gasteiger partial charge in [-0.25, -0.2) is 4.39 Å². The molecule has 108 valence electrons. The van der Waals surface area contributed by atoms with Gasteiger partial charge in [-0.2, -0.15) is 0 Å². The minimum absolute atomic E-state index is 0.300. The molecule has 2 N–H and O–H groups in total. The van der Waals surface area contributed by atoms with Crippen LogP contribution >= 0.6 is 27.3 Å². The van der Waals surface area contributed by atoms with Gasteiger partial charge in [-0.05, 0) is 45.6 Å². The molecule has 1 heterocycles. The van der Waals surface area contributed by atoms with Crippen molar-refractivity contribution in [1.82, 2.24) is 0 Å².